The highest BCUT2D eigenvalue weighted by molar-refractivity contribution is 7.12. The molecule has 0 spiro atoms. The van der Waals surface area contributed by atoms with Crippen LogP contribution in [0.15, 0.2) is 47.4 Å². The lowest BCUT2D eigenvalue weighted by Gasteiger charge is -2.14. The first-order chi connectivity index (χ1) is 12.5. The van der Waals surface area contributed by atoms with Crippen LogP contribution in [-0.4, -0.2) is 19.7 Å². The number of aromatic nitrogens is 4. The molecular formula is C19H19N5OS. The van der Waals surface area contributed by atoms with Crippen molar-refractivity contribution in [2.24, 2.45) is 0 Å². The third-order valence-electron chi connectivity index (χ3n) is 4.34. The van der Waals surface area contributed by atoms with Crippen molar-refractivity contribution >= 4 is 28.3 Å². The number of aryl methyl sites for hydroxylation is 2. The maximum absolute atomic E-state index is 12.4. The second-order valence-corrected chi connectivity index (χ2v) is 7.74. The third kappa shape index (κ3) is 2.90. The van der Waals surface area contributed by atoms with Gasteiger partial charge in [-0.05, 0) is 44.5 Å². The highest BCUT2D eigenvalue weighted by Crippen LogP contribution is 2.28. The van der Waals surface area contributed by atoms with Crippen molar-refractivity contribution in [1.82, 2.24) is 19.7 Å². The van der Waals surface area contributed by atoms with Gasteiger partial charge in [0.15, 0.2) is 5.65 Å². The van der Waals surface area contributed by atoms with Crippen LogP contribution < -0.4 is 10.9 Å². The van der Waals surface area contributed by atoms with Crippen LogP contribution in [0.3, 0.4) is 0 Å². The molecule has 0 aliphatic carbocycles. The molecule has 2 N–H and O–H groups in total. The van der Waals surface area contributed by atoms with Crippen molar-refractivity contribution in [2.75, 3.05) is 5.32 Å². The topological polar surface area (TPSA) is 75.6 Å². The Morgan fingerprint density at radius 2 is 2.00 bits per heavy atom. The summed E-state index contributed by atoms with van der Waals surface area (Å²) >= 11 is 1.77. The number of aromatic amines is 1. The van der Waals surface area contributed by atoms with E-state index >= 15 is 0 Å². The minimum absolute atomic E-state index is 0.0358. The van der Waals surface area contributed by atoms with Crippen LogP contribution in [-0.2, 0) is 0 Å². The summed E-state index contributed by atoms with van der Waals surface area (Å²) in [7, 11) is 0. The molecule has 0 radical (unpaired) electrons. The zero-order valence-corrected chi connectivity index (χ0v) is 15.6. The van der Waals surface area contributed by atoms with Gasteiger partial charge in [-0.1, -0.05) is 18.2 Å². The van der Waals surface area contributed by atoms with Crippen molar-refractivity contribution in [1.29, 1.82) is 0 Å². The molecule has 0 bridgehead atoms. The van der Waals surface area contributed by atoms with Gasteiger partial charge < -0.3 is 5.32 Å². The molecule has 1 unspecified atom stereocenters. The Kier molecular flexibility index (Phi) is 4.08. The lowest BCUT2D eigenvalue weighted by Crippen LogP contribution is -2.16. The number of hydrogen-bond acceptors (Lipinski definition) is 5. The van der Waals surface area contributed by atoms with Crippen LogP contribution in [0.2, 0.25) is 0 Å². The van der Waals surface area contributed by atoms with Crippen LogP contribution in [0.5, 0.6) is 0 Å². The molecule has 0 saturated heterocycles. The van der Waals surface area contributed by atoms with E-state index in [2.05, 4.69) is 47.2 Å². The van der Waals surface area contributed by atoms with Crippen LogP contribution in [0, 0.1) is 13.8 Å². The molecule has 0 saturated carbocycles. The third-order valence-corrected chi connectivity index (χ3v) is 5.32. The van der Waals surface area contributed by atoms with Gasteiger partial charge in [0, 0.05) is 9.75 Å². The van der Waals surface area contributed by atoms with E-state index < -0.39 is 0 Å². The first kappa shape index (κ1) is 16.5. The van der Waals surface area contributed by atoms with Gasteiger partial charge in [0.25, 0.3) is 5.56 Å². The van der Waals surface area contributed by atoms with E-state index in [1.807, 2.05) is 30.3 Å². The molecule has 3 aromatic heterocycles. The quantitative estimate of drug-likeness (QED) is 0.574. The predicted octanol–water partition coefficient (Wildman–Crippen LogP) is 3.96. The minimum atomic E-state index is -0.204. The number of nitrogens with zero attached hydrogens (tertiary/aromatic N) is 3. The number of fused-ring (bicyclic) bond motifs is 1. The summed E-state index contributed by atoms with van der Waals surface area (Å²) in [5.74, 6) is 0.441. The number of rotatable bonds is 4. The summed E-state index contributed by atoms with van der Waals surface area (Å²) in [5, 5.41) is 8.11. The van der Waals surface area contributed by atoms with E-state index in [9.17, 15) is 4.79 Å². The van der Waals surface area contributed by atoms with Crippen molar-refractivity contribution < 1.29 is 0 Å². The summed E-state index contributed by atoms with van der Waals surface area (Å²) in [4.78, 5) is 22.4. The Bertz CT molecular complexity index is 1130. The van der Waals surface area contributed by atoms with Crippen LogP contribution in [0.1, 0.15) is 28.3 Å². The fraction of sp³-hybridized carbons (Fsp3) is 0.211. The Hall–Kier alpha value is -2.93. The molecule has 0 aliphatic rings. The van der Waals surface area contributed by atoms with E-state index in [-0.39, 0.29) is 11.6 Å². The molecule has 26 heavy (non-hydrogen) atoms. The largest absolute Gasteiger partial charge is 0.349 e. The summed E-state index contributed by atoms with van der Waals surface area (Å²) < 4.78 is 1.68. The second kappa shape index (κ2) is 6.42. The molecule has 0 amide bonds. The molecule has 1 atom stereocenters. The van der Waals surface area contributed by atoms with Crippen molar-refractivity contribution in [3.63, 3.8) is 0 Å². The van der Waals surface area contributed by atoms with E-state index in [0.29, 0.717) is 17.0 Å². The predicted molar refractivity (Wildman–Crippen MR) is 105 cm³/mol. The number of H-pyrrole nitrogens is 1. The molecule has 132 valence electrons. The summed E-state index contributed by atoms with van der Waals surface area (Å²) in [5.41, 5.74) is 2.41. The zero-order valence-electron chi connectivity index (χ0n) is 14.8. The molecule has 7 heteroatoms. The fourth-order valence-corrected chi connectivity index (χ4v) is 4.13. The second-order valence-electron chi connectivity index (χ2n) is 6.28. The molecule has 0 fully saturated rings. The first-order valence-corrected chi connectivity index (χ1v) is 9.21. The first-order valence-electron chi connectivity index (χ1n) is 8.40. The molecular weight excluding hydrogens is 346 g/mol. The summed E-state index contributed by atoms with van der Waals surface area (Å²) in [6.07, 6.45) is 1.55. The molecule has 1 aromatic carbocycles. The molecule has 0 aliphatic heterocycles. The maximum Gasteiger partial charge on any atom is 0.263 e. The van der Waals surface area contributed by atoms with E-state index in [4.69, 9.17) is 0 Å². The van der Waals surface area contributed by atoms with E-state index in [0.717, 1.165) is 5.69 Å². The normalized spacial score (nSPS) is 12.4. The van der Waals surface area contributed by atoms with Gasteiger partial charge in [-0.25, -0.2) is 4.68 Å². The molecule has 4 aromatic rings. The Morgan fingerprint density at radius 3 is 2.69 bits per heavy atom. The highest BCUT2D eigenvalue weighted by Gasteiger charge is 2.15. The van der Waals surface area contributed by atoms with Gasteiger partial charge in [-0.2, -0.15) is 10.1 Å². The van der Waals surface area contributed by atoms with E-state index in [1.54, 1.807) is 22.2 Å². The number of hydrogen-bond donors (Lipinski definition) is 2. The standard InChI is InChI=1S/C19H19N5OS/c1-11-9-15(13(3)26-11)12(2)21-19-22-17-16(18(25)23-19)10-20-24(17)14-7-5-4-6-8-14/h4-10,12H,1-3H3,(H2,21,22,23,25). The Labute approximate surface area is 154 Å². The van der Waals surface area contributed by atoms with E-state index in [1.165, 1.54) is 15.3 Å². The number of benzene rings is 1. The lowest BCUT2D eigenvalue weighted by atomic mass is 10.1. The SMILES string of the molecule is Cc1cc(C(C)Nc2nc3c(cnn3-c3ccccc3)c(=O)[nH]2)c(C)s1. The average molecular weight is 365 g/mol. The van der Waals surface area contributed by atoms with Gasteiger partial charge in [-0.15, -0.1) is 11.3 Å². The maximum atomic E-state index is 12.4. The smallest absolute Gasteiger partial charge is 0.263 e. The highest BCUT2D eigenvalue weighted by atomic mass is 32.1. The van der Waals surface area contributed by atoms with Gasteiger partial charge in [0.1, 0.15) is 5.39 Å². The van der Waals surface area contributed by atoms with Gasteiger partial charge in [0.2, 0.25) is 5.95 Å². The molecule has 4 rings (SSSR count). The van der Waals surface area contributed by atoms with Gasteiger partial charge in [0.05, 0.1) is 17.9 Å². The van der Waals surface area contributed by atoms with Crippen LogP contribution >= 0.6 is 11.3 Å². The Balaban J connectivity index is 1.75. The van der Waals surface area contributed by atoms with Crippen LogP contribution in [0.4, 0.5) is 5.95 Å². The minimum Gasteiger partial charge on any atom is -0.349 e. The van der Waals surface area contributed by atoms with Crippen molar-refractivity contribution in [3.05, 3.63) is 68.3 Å². The van der Waals surface area contributed by atoms with Crippen molar-refractivity contribution in [3.8, 4) is 5.69 Å². The number of anilines is 1. The van der Waals surface area contributed by atoms with Crippen LogP contribution in [0.25, 0.3) is 16.7 Å². The van der Waals surface area contributed by atoms with Gasteiger partial charge >= 0.3 is 0 Å². The van der Waals surface area contributed by atoms with Gasteiger partial charge in [-0.3, -0.25) is 9.78 Å². The van der Waals surface area contributed by atoms with Crippen molar-refractivity contribution in [2.45, 2.75) is 26.8 Å². The molecule has 3 heterocycles. The zero-order chi connectivity index (χ0) is 18.3. The monoisotopic (exact) mass is 365 g/mol. The summed E-state index contributed by atoms with van der Waals surface area (Å²) in [6.45, 7) is 6.26. The Morgan fingerprint density at radius 1 is 1.23 bits per heavy atom. The number of para-hydroxylation sites is 1. The lowest BCUT2D eigenvalue weighted by molar-refractivity contribution is 0.851. The average Bonchev–Trinajstić information content (AvgIpc) is 3.19. The number of thiophene rings is 1. The number of nitrogens with one attached hydrogen (secondary N) is 2. The molecule has 6 nitrogen and oxygen atoms in total. The summed E-state index contributed by atoms with van der Waals surface area (Å²) in [6, 6.07) is 11.9. The fourth-order valence-electron chi connectivity index (χ4n) is 3.11.